The molecule has 0 spiro atoms. The first-order valence-corrected chi connectivity index (χ1v) is 5.19. The fraction of sp³-hybridized carbons (Fsp3) is 0.250. The molecule has 1 aromatic rings. The average molecular weight is 251 g/mol. The maximum Gasteiger partial charge on any atom is 0.331 e. The smallest absolute Gasteiger partial charge is 0.331 e. The fourth-order valence-corrected chi connectivity index (χ4v) is 1.20. The van der Waals surface area contributed by atoms with Crippen molar-refractivity contribution in [2.75, 3.05) is 6.61 Å². The number of nitro benzene ring substituents is 1. The van der Waals surface area contributed by atoms with Gasteiger partial charge in [0.2, 0.25) is 0 Å². The van der Waals surface area contributed by atoms with Crippen molar-refractivity contribution >= 4 is 11.7 Å². The van der Waals surface area contributed by atoms with Crippen LogP contribution in [0.1, 0.15) is 12.5 Å². The van der Waals surface area contributed by atoms with Gasteiger partial charge in [0.15, 0.2) is 0 Å². The molecule has 1 aromatic carbocycles. The standard InChI is InChI=1S/C12H13NO5/c1-8-3-4-10(13(16)17)7-11(8)18-6-5-9(2)12(14)15/h3-5,7H,6H2,1-2H3,(H,14,15). The van der Waals surface area contributed by atoms with E-state index in [1.54, 1.807) is 13.0 Å². The third kappa shape index (κ3) is 3.58. The number of benzene rings is 1. The number of carboxylic acids is 1. The van der Waals surface area contributed by atoms with E-state index in [2.05, 4.69) is 0 Å². The van der Waals surface area contributed by atoms with Crippen LogP contribution >= 0.6 is 0 Å². The summed E-state index contributed by atoms with van der Waals surface area (Å²) in [5.74, 6) is -0.645. The minimum absolute atomic E-state index is 0.0557. The summed E-state index contributed by atoms with van der Waals surface area (Å²) in [6, 6.07) is 4.29. The number of ether oxygens (including phenoxy) is 1. The maximum atomic E-state index is 10.6. The van der Waals surface area contributed by atoms with Crippen LogP contribution in [0.15, 0.2) is 29.8 Å². The second-order valence-corrected chi connectivity index (χ2v) is 3.71. The molecule has 0 fully saturated rings. The van der Waals surface area contributed by atoms with E-state index in [1.165, 1.54) is 25.1 Å². The van der Waals surface area contributed by atoms with Crippen molar-refractivity contribution in [1.82, 2.24) is 0 Å². The highest BCUT2D eigenvalue weighted by atomic mass is 16.6. The van der Waals surface area contributed by atoms with Crippen LogP contribution in [0.3, 0.4) is 0 Å². The van der Waals surface area contributed by atoms with Crippen molar-refractivity contribution in [2.24, 2.45) is 0 Å². The third-order valence-electron chi connectivity index (χ3n) is 2.35. The molecule has 1 N–H and O–H groups in total. The van der Waals surface area contributed by atoms with Gasteiger partial charge in [-0.1, -0.05) is 0 Å². The molecule has 96 valence electrons. The molecular formula is C12H13NO5. The number of carboxylic acid groups (broad SMARTS) is 1. The van der Waals surface area contributed by atoms with E-state index in [1.807, 2.05) is 0 Å². The molecular weight excluding hydrogens is 238 g/mol. The van der Waals surface area contributed by atoms with E-state index in [0.29, 0.717) is 5.75 Å². The van der Waals surface area contributed by atoms with Gasteiger partial charge in [0.05, 0.1) is 11.0 Å². The minimum Gasteiger partial charge on any atom is -0.489 e. The zero-order valence-electron chi connectivity index (χ0n) is 10.0. The molecule has 0 amide bonds. The van der Waals surface area contributed by atoms with E-state index in [-0.39, 0.29) is 17.9 Å². The van der Waals surface area contributed by atoms with E-state index in [9.17, 15) is 14.9 Å². The second-order valence-electron chi connectivity index (χ2n) is 3.71. The number of aliphatic carboxylic acids is 1. The molecule has 0 aliphatic carbocycles. The van der Waals surface area contributed by atoms with Crippen molar-refractivity contribution in [2.45, 2.75) is 13.8 Å². The first kappa shape index (κ1) is 13.7. The Morgan fingerprint density at radius 3 is 2.78 bits per heavy atom. The first-order chi connectivity index (χ1) is 8.41. The monoisotopic (exact) mass is 251 g/mol. The van der Waals surface area contributed by atoms with Crippen LogP contribution < -0.4 is 4.74 Å². The van der Waals surface area contributed by atoms with Crippen molar-refractivity contribution < 1.29 is 19.6 Å². The summed E-state index contributed by atoms with van der Waals surface area (Å²) in [5, 5.41) is 19.2. The molecule has 0 unspecified atom stereocenters. The summed E-state index contributed by atoms with van der Waals surface area (Å²) < 4.78 is 5.30. The Morgan fingerprint density at radius 2 is 2.22 bits per heavy atom. The molecule has 0 aromatic heterocycles. The zero-order valence-corrected chi connectivity index (χ0v) is 10.0. The summed E-state index contributed by atoms with van der Waals surface area (Å²) >= 11 is 0. The molecule has 0 radical (unpaired) electrons. The Kier molecular flexibility index (Phi) is 4.42. The summed E-state index contributed by atoms with van der Waals surface area (Å²) in [6.45, 7) is 3.26. The van der Waals surface area contributed by atoms with Crippen LogP contribution in [0.25, 0.3) is 0 Å². The Morgan fingerprint density at radius 1 is 1.56 bits per heavy atom. The van der Waals surface area contributed by atoms with Crippen LogP contribution in [-0.4, -0.2) is 22.6 Å². The number of nitro groups is 1. The molecule has 0 aliphatic heterocycles. The molecule has 1 rings (SSSR count). The molecule has 0 saturated carbocycles. The van der Waals surface area contributed by atoms with Gasteiger partial charge in [-0.05, 0) is 31.6 Å². The predicted octanol–water partition coefficient (Wildman–Crippen LogP) is 2.31. The molecule has 0 bridgehead atoms. The largest absolute Gasteiger partial charge is 0.489 e. The molecule has 0 aliphatic rings. The zero-order chi connectivity index (χ0) is 13.7. The number of non-ortho nitro benzene ring substituents is 1. The molecule has 18 heavy (non-hydrogen) atoms. The van der Waals surface area contributed by atoms with Crippen molar-refractivity contribution in [3.8, 4) is 5.75 Å². The van der Waals surface area contributed by atoms with Crippen LogP contribution in [-0.2, 0) is 4.79 Å². The third-order valence-corrected chi connectivity index (χ3v) is 2.35. The van der Waals surface area contributed by atoms with E-state index < -0.39 is 10.9 Å². The molecule has 6 heteroatoms. The summed E-state index contributed by atoms with van der Waals surface area (Å²) in [6.07, 6.45) is 1.40. The topological polar surface area (TPSA) is 89.7 Å². The van der Waals surface area contributed by atoms with Crippen LogP contribution in [0, 0.1) is 17.0 Å². The number of rotatable bonds is 5. The number of nitrogens with zero attached hydrogens (tertiary/aromatic N) is 1. The van der Waals surface area contributed by atoms with E-state index in [4.69, 9.17) is 9.84 Å². The van der Waals surface area contributed by atoms with Gasteiger partial charge in [0, 0.05) is 11.6 Å². The van der Waals surface area contributed by atoms with Crippen LogP contribution in [0.4, 0.5) is 5.69 Å². The SMILES string of the molecule is CC(=CCOc1cc([N+](=O)[O-])ccc1C)C(=O)O. The lowest BCUT2D eigenvalue weighted by atomic mass is 10.2. The van der Waals surface area contributed by atoms with Crippen molar-refractivity contribution in [3.63, 3.8) is 0 Å². The maximum absolute atomic E-state index is 10.6. The van der Waals surface area contributed by atoms with E-state index in [0.717, 1.165) is 5.56 Å². The fourth-order valence-electron chi connectivity index (χ4n) is 1.20. The normalized spacial score (nSPS) is 11.1. The van der Waals surface area contributed by atoms with Gasteiger partial charge in [0.25, 0.3) is 5.69 Å². The highest BCUT2D eigenvalue weighted by Gasteiger charge is 2.09. The van der Waals surface area contributed by atoms with Gasteiger partial charge in [0.1, 0.15) is 12.4 Å². The Bertz CT molecular complexity index is 507. The van der Waals surface area contributed by atoms with Gasteiger partial charge in [-0.3, -0.25) is 10.1 Å². The molecule has 0 saturated heterocycles. The van der Waals surface area contributed by atoms with Gasteiger partial charge < -0.3 is 9.84 Å². The van der Waals surface area contributed by atoms with Crippen LogP contribution in [0.2, 0.25) is 0 Å². The van der Waals surface area contributed by atoms with Crippen LogP contribution in [0.5, 0.6) is 5.75 Å². The van der Waals surface area contributed by atoms with E-state index >= 15 is 0 Å². The second kappa shape index (κ2) is 5.81. The van der Waals surface area contributed by atoms with Gasteiger partial charge >= 0.3 is 5.97 Å². The van der Waals surface area contributed by atoms with Gasteiger partial charge in [-0.15, -0.1) is 0 Å². The Labute approximate surface area is 104 Å². The lowest BCUT2D eigenvalue weighted by molar-refractivity contribution is -0.384. The quantitative estimate of drug-likeness (QED) is 0.492. The average Bonchev–Trinajstić information content (AvgIpc) is 2.30. The molecule has 6 nitrogen and oxygen atoms in total. The van der Waals surface area contributed by atoms with Gasteiger partial charge in [-0.25, -0.2) is 4.79 Å². The lowest BCUT2D eigenvalue weighted by Crippen LogP contribution is -2.02. The highest BCUT2D eigenvalue weighted by Crippen LogP contribution is 2.23. The Hall–Kier alpha value is -2.37. The molecule has 0 heterocycles. The lowest BCUT2D eigenvalue weighted by Gasteiger charge is -2.06. The highest BCUT2D eigenvalue weighted by molar-refractivity contribution is 5.85. The number of hydrogen-bond donors (Lipinski definition) is 1. The number of aryl methyl sites for hydroxylation is 1. The number of carbonyl (C=O) groups is 1. The van der Waals surface area contributed by atoms with Crippen molar-refractivity contribution in [3.05, 3.63) is 45.5 Å². The summed E-state index contributed by atoms with van der Waals surface area (Å²) in [4.78, 5) is 20.6. The summed E-state index contributed by atoms with van der Waals surface area (Å²) in [5.41, 5.74) is 0.856. The Balaban J connectivity index is 2.78. The van der Waals surface area contributed by atoms with Crippen molar-refractivity contribution in [1.29, 1.82) is 0 Å². The molecule has 0 atom stereocenters. The number of hydrogen-bond acceptors (Lipinski definition) is 4. The predicted molar refractivity (Wildman–Crippen MR) is 64.7 cm³/mol. The summed E-state index contributed by atoms with van der Waals surface area (Å²) in [7, 11) is 0. The van der Waals surface area contributed by atoms with Gasteiger partial charge in [-0.2, -0.15) is 0 Å². The first-order valence-electron chi connectivity index (χ1n) is 5.19. The minimum atomic E-state index is -1.02.